The van der Waals surface area contributed by atoms with Gasteiger partial charge in [-0.1, -0.05) is 37.3 Å². The number of hydrogen-bond donors (Lipinski definition) is 3. The lowest BCUT2D eigenvalue weighted by Crippen LogP contribution is -2.40. The summed E-state index contributed by atoms with van der Waals surface area (Å²) in [7, 11) is -3.70. The third kappa shape index (κ3) is 6.58. The SMILES string of the molecule is CCc1ccc(NC(=O)c2ccccc2NCC(=O)Nc2cc(S(=O)(=O)N3CCOCC3)ccc2C)cc1. The second kappa shape index (κ2) is 12.2. The molecule has 0 atom stereocenters. The second-order valence-corrected chi connectivity index (χ2v) is 10.9. The Bertz CT molecular complexity index is 1400. The Balaban J connectivity index is 1.41. The fourth-order valence-corrected chi connectivity index (χ4v) is 5.49. The zero-order valence-electron chi connectivity index (χ0n) is 21.5. The van der Waals surface area contributed by atoms with Crippen molar-refractivity contribution in [3.63, 3.8) is 0 Å². The zero-order chi connectivity index (χ0) is 27.1. The molecule has 0 unspecified atom stereocenters. The average molecular weight is 537 g/mol. The van der Waals surface area contributed by atoms with Gasteiger partial charge >= 0.3 is 0 Å². The van der Waals surface area contributed by atoms with Crippen molar-refractivity contribution < 1.29 is 22.7 Å². The van der Waals surface area contributed by atoms with E-state index in [-0.39, 0.29) is 23.3 Å². The molecule has 1 heterocycles. The normalized spacial score (nSPS) is 14.1. The number of rotatable bonds is 9. The summed E-state index contributed by atoms with van der Waals surface area (Å²) in [5.41, 5.74) is 3.90. The van der Waals surface area contributed by atoms with Crippen LogP contribution in [-0.2, 0) is 26.0 Å². The van der Waals surface area contributed by atoms with Gasteiger partial charge in [-0.05, 0) is 60.9 Å². The Morgan fingerprint density at radius 2 is 1.63 bits per heavy atom. The first-order valence-corrected chi connectivity index (χ1v) is 13.9. The molecule has 1 saturated heterocycles. The van der Waals surface area contributed by atoms with E-state index in [2.05, 4.69) is 22.9 Å². The van der Waals surface area contributed by atoms with Gasteiger partial charge in [0, 0.05) is 30.2 Å². The number of nitrogens with zero attached hydrogens (tertiary/aromatic N) is 1. The number of benzene rings is 3. The van der Waals surface area contributed by atoms with Crippen LogP contribution in [-0.4, -0.2) is 57.4 Å². The van der Waals surface area contributed by atoms with Gasteiger partial charge in [-0.15, -0.1) is 0 Å². The standard InChI is InChI=1S/C28H32N4O5S/c1-3-21-9-11-22(12-10-21)30-28(34)24-6-4-5-7-25(24)29-19-27(33)31-26-18-23(13-8-20(26)2)38(35,36)32-14-16-37-17-15-32/h4-13,18,29H,3,14-17,19H2,1-2H3,(H,30,34)(H,31,33). The van der Waals surface area contributed by atoms with Crippen LogP contribution in [0.15, 0.2) is 71.6 Å². The molecule has 9 nitrogen and oxygen atoms in total. The molecule has 10 heteroatoms. The van der Waals surface area contributed by atoms with Crippen LogP contribution in [0.4, 0.5) is 17.1 Å². The third-order valence-corrected chi connectivity index (χ3v) is 8.22. The average Bonchev–Trinajstić information content (AvgIpc) is 2.94. The van der Waals surface area contributed by atoms with Gasteiger partial charge in [-0.3, -0.25) is 9.59 Å². The summed E-state index contributed by atoms with van der Waals surface area (Å²) in [5, 5.41) is 8.69. The number of anilines is 3. The molecule has 0 radical (unpaired) electrons. The van der Waals surface area contributed by atoms with Crippen molar-refractivity contribution in [3.8, 4) is 0 Å². The number of aryl methyl sites for hydroxylation is 2. The molecule has 0 saturated carbocycles. The van der Waals surface area contributed by atoms with Crippen LogP contribution < -0.4 is 16.0 Å². The molecule has 4 rings (SSSR count). The van der Waals surface area contributed by atoms with Gasteiger partial charge in [0.1, 0.15) is 0 Å². The smallest absolute Gasteiger partial charge is 0.257 e. The highest BCUT2D eigenvalue weighted by Crippen LogP contribution is 2.24. The number of sulfonamides is 1. The summed E-state index contributed by atoms with van der Waals surface area (Å²) in [6.07, 6.45) is 0.913. The summed E-state index contributed by atoms with van der Waals surface area (Å²) in [6, 6.07) is 19.3. The van der Waals surface area contributed by atoms with Crippen molar-refractivity contribution in [1.82, 2.24) is 4.31 Å². The van der Waals surface area contributed by atoms with Crippen LogP contribution in [0, 0.1) is 6.92 Å². The summed E-state index contributed by atoms with van der Waals surface area (Å²) < 4.78 is 32.7. The Kier molecular flexibility index (Phi) is 8.77. The maximum Gasteiger partial charge on any atom is 0.257 e. The van der Waals surface area contributed by atoms with Crippen molar-refractivity contribution in [1.29, 1.82) is 0 Å². The van der Waals surface area contributed by atoms with E-state index in [9.17, 15) is 18.0 Å². The minimum Gasteiger partial charge on any atom is -0.379 e. The topological polar surface area (TPSA) is 117 Å². The van der Waals surface area contributed by atoms with E-state index < -0.39 is 10.0 Å². The van der Waals surface area contributed by atoms with Crippen LogP contribution in [0.1, 0.15) is 28.4 Å². The Morgan fingerprint density at radius 3 is 2.34 bits per heavy atom. The van der Waals surface area contributed by atoms with Crippen molar-refractivity contribution >= 4 is 38.9 Å². The van der Waals surface area contributed by atoms with Gasteiger partial charge in [0.15, 0.2) is 0 Å². The summed E-state index contributed by atoms with van der Waals surface area (Å²) in [5.74, 6) is -0.672. The first-order valence-electron chi connectivity index (χ1n) is 12.5. The molecule has 0 bridgehead atoms. The molecule has 3 aromatic carbocycles. The molecule has 38 heavy (non-hydrogen) atoms. The van der Waals surface area contributed by atoms with Gasteiger partial charge in [-0.2, -0.15) is 4.31 Å². The number of carbonyl (C=O) groups is 2. The van der Waals surface area contributed by atoms with Crippen LogP contribution in [0.25, 0.3) is 0 Å². The minimum absolute atomic E-state index is 0.113. The van der Waals surface area contributed by atoms with Crippen LogP contribution >= 0.6 is 0 Å². The number of nitrogens with one attached hydrogen (secondary N) is 3. The van der Waals surface area contributed by atoms with Crippen LogP contribution in [0.2, 0.25) is 0 Å². The summed E-state index contributed by atoms with van der Waals surface area (Å²) in [4.78, 5) is 25.8. The largest absolute Gasteiger partial charge is 0.379 e. The third-order valence-electron chi connectivity index (χ3n) is 6.32. The van der Waals surface area contributed by atoms with Crippen molar-refractivity contribution in [2.75, 3.05) is 48.8 Å². The number of ether oxygens (including phenoxy) is 1. The number of carbonyl (C=O) groups excluding carboxylic acids is 2. The summed E-state index contributed by atoms with van der Waals surface area (Å²) >= 11 is 0. The molecule has 1 aliphatic rings. The Morgan fingerprint density at radius 1 is 0.921 bits per heavy atom. The monoisotopic (exact) mass is 536 g/mol. The van der Waals surface area contributed by atoms with Crippen LogP contribution in [0.3, 0.4) is 0 Å². The highest BCUT2D eigenvalue weighted by molar-refractivity contribution is 7.89. The molecule has 1 fully saturated rings. The molecular formula is C28H32N4O5S. The second-order valence-electron chi connectivity index (χ2n) is 8.95. The van der Waals surface area contributed by atoms with Crippen LogP contribution in [0.5, 0.6) is 0 Å². The van der Waals surface area contributed by atoms with Gasteiger partial charge in [0.2, 0.25) is 15.9 Å². The van der Waals surface area contributed by atoms with Crippen molar-refractivity contribution in [3.05, 3.63) is 83.4 Å². The number of morpholine rings is 1. The van der Waals surface area contributed by atoms with E-state index in [0.717, 1.165) is 12.0 Å². The maximum absolute atomic E-state index is 13.0. The highest BCUT2D eigenvalue weighted by Gasteiger charge is 2.27. The Hall–Kier alpha value is -3.73. The fraction of sp³-hybridized carbons (Fsp3) is 0.286. The maximum atomic E-state index is 13.0. The first-order chi connectivity index (χ1) is 18.3. The van der Waals surface area contributed by atoms with Gasteiger partial charge in [-0.25, -0.2) is 8.42 Å². The lowest BCUT2D eigenvalue weighted by Gasteiger charge is -2.26. The predicted molar refractivity (Wildman–Crippen MR) is 148 cm³/mol. The molecule has 200 valence electrons. The lowest BCUT2D eigenvalue weighted by molar-refractivity contribution is -0.114. The molecule has 1 aliphatic heterocycles. The minimum atomic E-state index is -3.70. The molecule has 0 aliphatic carbocycles. The van der Waals surface area contributed by atoms with Gasteiger partial charge in [0.25, 0.3) is 5.91 Å². The number of para-hydroxylation sites is 1. The molecule has 2 amide bonds. The molecular weight excluding hydrogens is 504 g/mol. The van der Waals surface area contributed by atoms with E-state index in [1.54, 1.807) is 43.3 Å². The van der Waals surface area contributed by atoms with E-state index in [0.29, 0.717) is 48.9 Å². The predicted octanol–water partition coefficient (Wildman–Crippen LogP) is 3.88. The molecule has 3 N–H and O–H groups in total. The summed E-state index contributed by atoms with van der Waals surface area (Å²) in [6.45, 7) is 5.03. The molecule has 3 aromatic rings. The zero-order valence-corrected chi connectivity index (χ0v) is 22.3. The number of amides is 2. The quantitative estimate of drug-likeness (QED) is 0.382. The Labute approximate surface area is 223 Å². The van der Waals surface area contributed by atoms with Crippen molar-refractivity contribution in [2.45, 2.75) is 25.2 Å². The van der Waals surface area contributed by atoms with E-state index >= 15 is 0 Å². The lowest BCUT2D eigenvalue weighted by atomic mass is 10.1. The highest BCUT2D eigenvalue weighted by atomic mass is 32.2. The van der Waals surface area contributed by atoms with Crippen molar-refractivity contribution in [2.24, 2.45) is 0 Å². The first kappa shape index (κ1) is 27.3. The van der Waals surface area contributed by atoms with E-state index in [1.807, 2.05) is 24.3 Å². The van der Waals surface area contributed by atoms with Gasteiger partial charge in [0.05, 0.1) is 30.2 Å². The van der Waals surface area contributed by atoms with E-state index in [4.69, 9.17) is 4.74 Å². The van der Waals surface area contributed by atoms with Gasteiger partial charge < -0.3 is 20.7 Å². The fourth-order valence-electron chi connectivity index (χ4n) is 4.06. The molecule has 0 aromatic heterocycles. The molecule has 0 spiro atoms. The van der Waals surface area contributed by atoms with E-state index in [1.165, 1.54) is 15.9 Å². The number of hydrogen-bond acceptors (Lipinski definition) is 6.